The molecule has 0 saturated carbocycles. The van der Waals surface area contributed by atoms with E-state index in [1.54, 1.807) is 0 Å². The summed E-state index contributed by atoms with van der Waals surface area (Å²) in [6.45, 7) is 6.57. The van der Waals surface area contributed by atoms with Crippen molar-refractivity contribution in [2.24, 2.45) is 11.8 Å². The molecule has 3 unspecified atom stereocenters. The lowest BCUT2D eigenvalue weighted by Crippen LogP contribution is -2.47. The minimum absolute atomic E-state index is 0.0525. The van der Waals surface area contributed by atoms with Crippen LogP contribution in [0.1, 0.15) is 46.5 Å². The number of carbonyl (C=O) groups excluding carboxylic acids is 1. The number of nitrogens with zero attached hydrogens (tertiary/aromatic N) is 1. The minimum Gasteiger partial charge on any atom is -0.481 e. The second kappa shape index (κ2) is 6.03. The van der Waals surface area contributed by atoms with Gasteiger partial charge < -0.3 is 10.0 Å². The number of aliphatic carboxylic acids is 1. The van der Waals surface area contributed by atoms with Crippen molar-refractivity contribution in [2.45, 2.75) is 52.5 Å². The molecule has 0 bridgehead atoms. The van der Waals surface area contributed by atoms with Gasteiger partial charge in [0.2, 0.25) is 5.91 Å². The summed E-state index contributed by atoms with van der Waals surface area (Å²) >= 11 is 0. The van der Waals surface area contributed by atoms with Crippen LogP contribution in [0, 0.1) is 11.8 Å². The molecule has 17 heavy (non-hydrogen) atoms. The van der Waals surface area contributed by atoms with Gasteiger partial charge in [0, 0.05) is 18.5 Å². The number of hydrogen-bond acceptors (Lipinski definition) is 2. The molecule has 1 aliphatic rings. The molecule has 0 aromatic heterocycles. The smallest absolute Gasteiger partial charge is 0.306 e. The van der Waals surface area contributed by atoms with Gasteiger partial charge in [-0.1, -0.05) is 20.3 Å². The van der Waals surface area contributed by atoms with Gasteiger partial charge in [0.25, 0.3) is 0 Å². The van der Waals surface area contributed by atoms with Crippen LogP contribution in [-0.4, -0.2) is 34.5 Å². The largest absolute Gasteiger partial charge is 0.481 e. The van der Waals surface area contributed by atoms with Gasteiger partial charge in [0.05, 0.1) is 5.92 Å². The number of carboxylic acid groups (broad SMARTS) is 1. The number of rotatable bonds is 4. The molecule has 3 atom stereocenters. The van der Waals surface area contributed by atoms with Crippen molar-refractivity contribution >= 4 is 11.9 Å². The van der Waals surface area contributed by atoms with Crippen LogP contribution in [0.3, 0.4) is 0 Å². The van der Waals surface area contributed by atoms with Crippen molar-refractivity contribution in [3.63, 3.8) is 0 Å². The third-order valence-corrected chi connectivity index (χ3v) is 3.65. The summed E-state index contributed by atoms with van der Waals surface area (Å²) in [5.74, 6) is -0.770. The maximum atomic E-state index is 12.2. The molecule has 1 heterocycles. The molecule has 1 N–H and O–H groups in total. The third-order valence-electron chi connectivity index (χ3n) is 3.65. The van der Waals surface area contributed by atoms with Crippen LogP contribution >= 0.6 is 0 Å². The first-order valence-electron chi connectivity index (χ1n) is 6.50. The average Bonchev–Trinajstić information content (AvgIpc) is 2.28. The van der Waals surface area contributed by atoms with Gasteiger partial charge >= 0.3 is 5.97 Å². The zero-order valence-corrected chi connectivity index (χ0v) is 11.0. The highest BCUT2D eigenvalue weighted by atomic mass is 16.4. The van der Waals surface area contributed by atoms with E-state index in [9.17, 15) is 9.59 Å². The SMILES string of the molecule is CCCC(C)C(=O)N1CCC(C(=O)O)CC1C. The van der Waals surface area contributed by atoms with Crippen molar-refractivity contribution < 1.29 is 14.7 Å². The molecule has 0 aromatic carbocycles. The summed E-state index contributed by atoms with van der Waals surface area (Å²) in [6.07, 6.45) is 3.08. The second-order valence-electron chi connectivity index (χ2n) is 5.13. The van der Waals surface area contributed by atoms with E-state index >= 15 is 0 Å². The Bertz CT molecular complexity index is 290. The van der Waals surface area contributed by atoms with Gasteiger partial charge in [-0.05, 0) is 26.2 Å². The molecule has 1 aliphatic heterocycles. The average molecular weight is 241 g/mol. The lowest BCUT2D eigenvalue weighted by molar-refractivity contribution is -0.148. The van der Waals surface area contributed by atoms with Crippen LogP contribution in [0.15, 0.2) is 0 Å². The first-order chi connectivity index (χ1) is 7.97. The van der Waals surface area contributed by atoms with Gasteiger partial charge in [-0.15, -0.1) is 0 Å². The number of carboxylic acids is 1. The van der Waals surface area contributed by atoms with Crippen LogP contribution in [0.25, 0.3) is 0 Å². The monoisotopic (exact) mass is 241 g/mol. The minimum atomic E-state index is -0.731. The van der Waals surface area contributed by atoms with Gasteiger partial charge in [-0.25, -0.2) is 0 Å². The Morgan fingerprint density at radius 3 is 2.59 bits per heavy atom. The topological polar surface area (TPSA) is 57.6 Å². The van der Waals surface area contributed by atoms with Gasteiger partial charge in [0.15, 0.2) is 0 Å². The van der Waals surface area contributed by atoms with Crippen LogP contribution in [0.5, 0.6) is 0 Å². The molecule has 4 heteroatoms. The number of amides is 1. The van der Waals surface area contributed by atoms with Crippen LogP contribution in [0.2, 0.25) is 0 Å². The van der Waals surface area contributed by atoms with Crippen LogP contribution in [0.4, 0.5) is 0 Å². The predicted molar refractivity (Wildman–Crippen MR) is 65.6 cm³/mol. The zero-order chi connectivity index (χ0) is 13.0. The molecule has 1 fully saturated rings. The van der Waals surface area contributed by atoms with E-state index in [-0.39, 0.29) is 23.8 Å². The summed E-state index contributed by atoms with van der Waals surface area (Å²) in [6, 6.07) is 0.0525. The summed E-state index contributed by atoms with van der Waals surface area (Å²) in [5.41, 5.74) is 0. The second-order valence-corrected chi connectivity index (χ2v) is 5.13. The molecule has 1 amide bonds. The molecule has 0 aromatic rings. The molecular formula is C13H23NO3. The maximum Gasteiger partial charge on any atom is 0.306 e. The van der Waals surface area contributed by atoms with E-state index in [1.807, 2.05) is 18.7 Å². The van der Waals surface area contributed by atoms with E-state index in [2.05, 4.69) is 6.92 Å². The number of carbonyl (C=O) groups is 2. The van der Waals surface area contributed by atoms with Crippen molar-refractivity contribution in [3.8, 4) is 0 Å². The summed E-state index contributed by atoms with van der Waals surface area (Å²) in [5, 5.41) is 8.97. The van der Waals surface area contributed by atoms with E-state index in [0.717, 1.165) is 12.8 Å². The Morgan fingerprint density at radius 2 is 2.12 bits per heavy atom. The number of piperidine rings is 1. The lowest BCUT2D eigenvalue weighted by Gasteiger charge is -2.37. The zero-order valence-electron chi connectivity index (χ0n) is 11.0. The molecule has 98 valence electrons. The molecule has 0 radical (unpaired) electrons. The first-order valence-corrected chi connectivity index (χ1v) is 6.50. The highest BCUT2D eigenvalue weighted by Crippen LogP contribution is 2.25. The third kappa shape index (κ3) is 3.45. The Labute approximate surface area is 103 Å². The molecule has 1 rings (SSSR count). The van der Waals surface area contributed by atoms with E-state index in [4.69, 9.17) is 5.11 Å². The van der Waals surface area contributed by atoms with Crippen molar-refractivity contribution in [1.82, 2.24) is 4.90 Å². The molecule has 4 nitrogen and oxygen atoms in total. The highest BCUT2D eigenvalue weighted by molar-refractivity contribution is 5.79. The molecule has 0 aliphatic carbocycles. The summed E-state index contributed by atoms with van der Waals surface area (Å²) in [7, 11) is 0. The molecule has 0 spiro atoms. The first kappa shape index (κ1) is 14.0. The van der Waals surface area contributed by atoms with Gasteiger partial charge in [0.1, 0.15) is 0 Å². The lowest BCUT2D eigenvalue weighted by atomic mass is 9.90. The summed E-state index contributed by atoms with van der Waals surface area (Å²) in [4.78, 5) is 24.9. The van der Waals surface area contributed by atoms with E-state index in [0.29, 0.717) is 19.4 Å². The van der Waals surface area contributed by atoms with E-state index in [1.165, 1.54) is 0 Å². The van der Waals surface area contributed by atoms with Gasteiger partial charge in [-0.3, -0.25) is 9.59 Å². The Morgan fingerprint density at radius 1 is 1.47 bits per heavy atom. The van der Waals surface area contributed by atoms with Crippen molar-refractivity contribution in [3.05, 3.63) is 0 Å². The predicted octanol–water partition coefficient (Wildman–Crippen LogP) is 2.13. The number of hydrogen-bond donors (Lipinski definition) is 1. The van der Waals surface area contributed by atoms with Crippen LogP contribution in [-0.2, 0) is 9.59 Å². The Hall–Kier alpha value is -1.06. The fraction of sp³-hybridized carbons (Fsp3) is 0.846. The fourth-order valence-electron chi connectivity index (χ4n) is 2.56. The molecular weight excluding hydrogens is 218 g/mol. The summed E-state index contributed by atoms with van der Waals surface area (Å²) < 4.78 is 0. The number of likely N-dealkylation sites (tertiary alicyclic amines) is 1. The molecule has 1 saturated heterocycles. The van der Waals surface area contributed by atoms with E-state index < -0.39 is 5.97 Å². The normalized spacial score (nSPS) is 26.6. The van der Waals surface area contributed by atoms with Crippen molar-refractivity contribution in [1.29, 1.82) is 0 Å². The van der Waals surface area contributed by atoms with Crippen LogP contribution < -0.4 is 0 Å². The Kier molecular flexibility index (Phi) is 4.97. The van der Waals surface area contributed by atoms with Crippen molar-refractivity contribution in [2.75, 3.05) is 6.54 Å². The Balaban J connectivity index is 2.57. The quantitative estimate of drug-likeness (QED) is 0.820. The fourth-order valence-corrected chi connectivity index (χ4v) is 2.56. The highest BCUT2D eigenvalue weighted by Gasteiger charge is 2.33. The standard InChI is InChI=1S/C13H23NO3/c1-4-5-9(2)12(15)14-7-6-11(13(16)17)8-10(14)3/h9-11H,4-8H2,1-3H3,(H,16,17). The van der Waals surface area contributed by atoms with Gasteiger partial charge in [-0.2, -0.15) is 0 Å². The maximum absolute atomic E-state index is 12.2.